The van der Waals surface area contributed by atoms with Crippen LogP contribution in [0, 0.1) is 13.8 Å². The van der Waals surface area contributed by atoms with Crippen molar-refractivity contribution in [3.8, 4) is 5.69 Å². The van der Waals surface area contributed by atoms with Crippen LogP contribution in [0.2, 0.25) is 0 Å². The molecule has 0 bridgehead atoms. The normalized spacial score (nSPS) is 15.7. The largest absolute Gasteiger partial charge is 0.380 e. The zero-order valence-electron chi connectivity index (χ0n) is 22.1. The van der Waals surface area contributed by atoms with Gasteiger partial charge in [-0.2, -0.15) is 0 Å². The van der Waals surface area contributed by atoms with Crippen molar-refractivity contribution in [3.63, 3.8) is 0 Å². The topological polar surface area (TPSA) is 92.7 Å². The van der Waals surface area contributed by atoms with Gasteiger partial charge in [0.15, 0.2) is 0 Å². The number of nitrogens with one attached hydrogen (secondary N) is 2. The minimum absolute atomic E-state index is 0.120. The number of carbonyl (C=O) groups is 3. The van der Waals surface area contributed by atoms with Crippen molar-refractivity contribution in [3.05, 3.63) is 89.2 Å². The van der Waals surface area contributed by atoms with Gasteiger partial charge in [-0.15, -0.1) is 0 Å². The summed E-state index contributed by atoms with van der Waals surface area (Å²) in [5.74, 6) is -0.639. The second-order valence-corrected chi connectivity index (χ2v) is 9.61. The highest BCUT2D eigenvalue weighted by Crippen LogP contribution is 2.17. The van der Waals surface area contributed by atoms with Gasteiger partial charge in [-0.1, -0.05) is 30.3 Å². The van der Waals surface area contributed by atoms with Crippen molar-refractivity contribution in [1.82, 2.24) is 20.1 Å². The third-order valence-electron chi connectivity index (χ3n) is 6.75. The van der Waals surface area contributed by atoms with E-state index in [2.05, 4.69) is 27.3 Å². The zero-order chi connectivity index (χ0) is 26.9. The van der Waals surface area contributed by atoms with Crippen molar-refractivity contribution < 1.29 is 19.1 Å². The van der Waals surface area contributed by atoms with Gasteiger partial charge in [-0.3, -0.25) is 14.4 Å². The van der Waals surface area contributed by atoms with Crippen LogP contribution in [0.3, 0.4) is 0 Å². The average Bonchev–Trinajstić information content (AvgIpc) is 3.24. The highest BCUT2D eigenvalue weighted by Gasteiger charge is 2.27. The van der Waals surface area contributed by atoms with Gasteiger partial charge >= 0.3 is 0 Å². The van der Waals surface area contributed by atoms with Crippen molar-refractivity contribution >= 4 is 17.7 Å². The summed E-state index contributed by atoms with van der Waals surface area (Å²) in [6, 6.07) is 20.4. The molecule has 38 heavy (non-hydrogen) atoms. The van der Waals surface area contributed by atoms with Crippen LogP contribution >= 0.6 is 0 Å². The molecule has 0 saturated carbocycles. The van der Waals surface area contributed by atoms with Crippen LogP contribution in [-0.4, -0.2) is 66.1 Å². The predicted molar refractivity (Wildman–Crippen MR) is 146 cm³/mol. The number of aromatic nitrogens is 1. The Morgan fingerprint density at radius 2 is 1.66 bits per heavy atom. The lowest BCUT2D eigenvalue weighted by molar-refractivity contribution is -0.134. The third kappa shape index (κ3) is 7.10. The van der Waals surface area contributed by atoms with Crippen molar-refractivity contribution in [2.45, 2.75) is 39.2 Å². The van der Waals surface area contributed by atoms with Gasteiger partial charge in [0.25, 0.3) is 5.91 Å². The van der Waals surface area contributed by atoms with Gasteiger partial charge in [-0.25, -0.2) is 0 Å². The Balaban J connectivity index is 1.52. The number of ether oxygens (including phenoxy) is 1. The van der Waals surface area contributed by atoms with Crippen LogP contribution in [0.5, 0.6) is 0 Å². The van der Waals surface area contributed by atoms with Crippen molar-refractivity contribution in [2.24, 2.45) is 0 Å². The number of amides is 3. The summed E-state index contributed by atoms with van der Waals surface area (Å²) in [6.45, 7) is 6.24. The molecule has 1 aromatic heterocycles. The molecule has 2 N–H and O–H groups in total. The minimum Gasteiger partial charge on any atom is -0.380 e. The van der Waals surface area contributed by atoms with Gasteiger partial charge in [0.05, 0.1) is 6.61 Å². The zero-order valence-corrected chi connectivity index (χ0v) is 22.1. The average molecular weight is 517 g/mol. The van der Waals surface area contributed by atoms with E-state index < -0.39 is 6.04 Å². The van der Waals surface area contributed by atoms with E-state index in [9.17, 15) is 14.4 Å². The number of nitrogens with zero attached hydrogens (tertiary/aromatic N) is 2. The number of benzene rings is 2. The van der Waals surface area contributed by atoms with E-state index in [4.69, 9.17) is 4.74 Å². The van der Waals surface area contributed by atoms with Gasteiger partial charge < -0.3 is 24.8 Å². The van der Waals surface area contributed by atoms with Crippen LogP contribution in [0.4, 0.5) is 0 Å². The van der Waals surface area contributed by atoms with Crippen molar-refractivity contribution in [2.75, 3.05) is 32.8 Å². The number of hydrogen-bond acceptors (Lipinski definition) is 4. The number of carbonyl (C=O) groups excluding carboxylic acids is 3. The number of hydrogen-bond donors (Lipinski definition) is 2. The standard InChI is InChI=1S/C30H36N4O4/c1-22-9-10-23(2)34(22)26-13-11-25(12-14-26)29(36)32-27(21-24-7-4-3-5-8-24)30(37)33-17-6-19-38-20-16-31-28(35)15-18-33/h3-5,7-14,27H,6,15-21H2,1-2H3,(H,31,35)(H,32,36)/t27-/m0/s1. The molecule has 4 rings (SSSR count). The van der Waals surface area contributed by atoms with Crippen LogP contribution in [-0.2, 0) is 20.7 Å². The fourth-order valence-electron chi connectivity index (χ4n) is 4.73. The van der Waals surface area contributed by atoms with E-state index in [0.717, 1.165) is 22.6 Å². The fraction of sp³-hybridized carbons (Fsp3) is 0.367. The molecule has 1 saturated heterocycles. The molecule has 2 aromatic carbocycles. The molecule has 8 heteroatoms. The maximum absolute atomic E-state index is 13.7. The SMILES string of the molecule is Cc1ccc(C)n1-c1ccc(C(=O)N[C@@H](Cc2ccccc2)C(=O)N2CCCOCCNC(=O)CC2)cc1. The Hall–Kier alpha value is -3.91. The summed E-state index contributed by atoms with van der Waals surface area (Å²) in [4.78, 5) is 40.9. The first kappa shape index (κ1) is 27.1. The number of aryl methyl sites for hydroxylation is 2. The smallest absolute Gasteiger partial charge is 0.251 e. The Bertz CT molecular complexity index is 1220. The highest BCUT2D eigenvalue weighted by molar-refractivity contribution is 5.97. The van der Waals surface area contributed by atoms with Gasteiger partial charge in [0.2, 0.25) is 11.8 Å². The first-order valence-corrected chi connectivity index (χ1v) is 13.2. The highest BCUT2D eigenvalue weighted by atomic mass is 16.5. The molecule has 200 valence electrons. The minimum atomic E-state index is -0.771. The summed E-state index contributed by atoms with van der Waals surface area (Å²) >= 11 is 0. The molecule has 0 radical (unpaired) electrons. The molecule has 1 aliphatic heterocycles. The lowest BCUT2D eigenvalue weighted by Gasteiger charge is -2.28. The maximum Gasteiger partial charge on any atom is 0.251 e. The lowest BCUT2D eigenvalue weighted by atomic mass is 10.0. The third-order valence-corrected chi connectivity index (χ3v) is 6.75. The summed E-state index contributed by atoms with van der Waals surface area (Å²) in [5, 5.41) is 5.79. The second kappa shape index (κ2) is 13.1. The van der Waals surface area contributed by atoms with Gasteiger partial charge in [0, 0.05) is 61.7 Å². The quantitative estimate of drug-likeness (QED) is 0.526. The molecule has 0 unspecified atom stereocenters. The maximum atomic E-state index is 13.7. The molecule has 1 atom stereocenters. The van der Waals surface area contributed by atoms with Gasteiger partial charge in [-0.05, 0) is 62.2 Å². The lowest BCUT2D eigenvalue weighted by Crippen LogP contribution is -2.50. The van der Waals surface area contributed by atoms with Crippen molar-refractivity contribution in [1.29, 1.82) is 0 Å². The van der Waals surface area contributed by atoms with E-state index in [1.54, 1.807) is 17.0 Å². The van der Waals surface area contributed by atoms with E-state index >= 15 is 0 Å². The Morgan fingerprint density at radius 3 is 2.37 bits per heavy atom. The number of rotatable bonds is 6. The summed E-state index contributed by atoms with van der Waals surface area (Å²) in [5.41, 5.74) is 4.62. The Labute approximate surface area is 224 Å². The fourth-order valence-corrected chi connectivity index (χ4v) is 4.73. The first-order chi connectivity index (χ1) is 18.4. The summed E-state index contributed by atoms with van der Waals surface area (Å²) < 4.78 is 7.67. The molecule has 3 aromatic rings. The molecule has 1 fully saturated rings. The second-order valence-electron chi connectivity index (χ2n) is 9.61. The molecule has 3 amide bonds. The van der Waals surface area contributed by atoms with E-state index in [1.807, 2.05) is 56.3 Å². The summed E-state index contributed by atoms with van der Waals surface area (Å²) in [7, 11) is 0. The Morgan fingerprint density at radius 1 is 0.947 bits per heavy atom. The van der Waals surface area contributed by atoms with Crippen LogP contribution in [0.25, 0.3) is 5.69 Å². The van der Waals surface area contributed by atoms with Crippen LogP contribution in [0.15, 0.2) is 66.7 Å². The predicted octanol–water partition coefficient (Wildman–Crippen LogP) is 3.19. The van der Waals surface area contributed by atoms with Crippen LogP contribution < -0.4 is 10.6 Å². The van der Waals surface area contributed by atoms with E-state index in [1.165, 1.54) is 0 Å². The molecule has 0 spiro atoms. The van der Waals surface area contributed by atoms with Gasteiger partial charge in [0.1, 0.15) is 6.04 Å². The summed E-state index contributed by atoms with van der Waals surface area (Å²) in [6.07, 6.45) is 1.22. The molecule has 1 aliphatic rings. The van der Waals surface area contributed by atoms with Crippen LogP contribution in [0.1, 0.15) is 40.2 Å². The molecular formula is C30H36N4O4. The monoisotopic (exact) mass is 516 g/mol. The van der Waals surface area contributed by atoms with E-state index in [-0.39, 0.29) is 30.7 Å². The Kier molecular flexibility index (Phi) is 9.32. The molecular weight excluding hydrogens is 480 g/mol. The van der Waals surface area contributed by atoms with E-state index in [0.29, 0.717) is 44.7 Å². The molecule has 2 heterocycles. The first-order valence-electron chi connectivity index (χ1n) is 13.2. The molecule has 0 aliphatic carbocycles. The molecule has 8 nitrogen and oxygen atoms in total.